The Labute approximate surface area is 156 Å². The van der Waals surface area contributed by atoms with Crippen LogP contribution in [0.15, 0.2) is 0 Å². The number of amides is 1. The summed E-state index contributed by atoms with van der Waals surface area (Å²) < 4.78 is 0. The molecule has 5 heteroatoms. The van der Waals surface area contributed by atoms with Crippen molar-refractivity contribution in [3.05, 3.63) is 0 Å². The SMILES string of the molecule is CCC1CC2CC(C)(O)C[C@@](C(N)C(=O)N3C4C(C)C4C[C@H]3C#N)(C1)C2. The van der Waals surface area contributed by atoms with Gasteiger partial charge in [-0.05, 0) is 74.5 Å². The lowest BCUT2D eigenvalue weighted by Gasteiger charge is -2.55. The number of piperidine rings is 1. The lowest BCUT2D eigenvalue weighted by Crippen LogP contribution is -2.61. The zero-order valence-corrected chi connectivity index (χ0v) is 16.3. The summed E-state index contributed by atoms with van der Waals surface area (Å²) in [6.07, 6.45) is 6.34. The molecule has 1 saturated heterocycles. The number of hydrogen-bond acceptors (Lipinski definition) is 4. The normalized spacial score (nSPS) is 50.7. The van der Waals surface area contributed by atoms with Crippen LogP contribution < -0.4 is 5.73 Å². The van der Waals surface area contributed by atoms with Gasteiger partial charge in [-0.1, -0.05) is 20.3 Å². The van der Waals surface area contributed by atoms with Crippen molar-refractivity contribution < 1.29 is 9.90 Å². The van der Waals surface area contributed by atoms with E-state index in [4.69, 9.17) is 5.73 Å². The van der Waals surface area contributed by atoms with Gasteiger partial charge in [0.25, 0.3) is 0 Å². The van der Waals surface area contributed by atoms with Gasteiger partial charge >= 0.3 is 0 Å². The second-order valence-corrected chi connectivity index (χ2v) is 10.1. The maximum atomic E-state index is 13.5. The van der Waals surface area contributed by atoms with Crippen LogP contribution in [-0.2, 0) is 4.79 Å². The first kappa shape index (κ1) is 18.3. The molecule has 0 aromatic rings. The molecule has 144 valence electrons. The average molecular weight is 360 g/mol. The summed E-state index contributed by atoms with van der Waals surface area (Å²) in [5, 5.41) is 20.4. The third-order valence-electron chi connectivity index (χ3n) is 8.09. The van der Waals surface area contributed by atoms with Gasteiger partial charge in [0.15, 0.2) is 0 Å². The van der Waals surface area contributed by atoms with Crippen LogP contribution >= 0.6 is 0 Å². The number of likely N-dealkylation sites (tertiary alicyclic amines) is 1. The summed E-state index contributed by atoms with van der Waals surface area (Å²) in [7, 11) is 0. The Bertz CT molecular complexity index is 642. The first-order valence-corrected chi connectivity index (χ1v) is 10.4. The molecule has 4 rings (SSSR count). The van der Waals surface area contributed by atoms with Crippen LogP contribution in [0.25, 0.3) is 0 Å². The molecule has 3 saturated carbocycles. The number of aliphatic hydroxyl groups is 1. The van der Waals surface area contributed by atoms with E-state index in [0.29, 0.717) is 30.1 Å². The van der Waals surface area contributed by atoms with E-state index in [2.05, 4.69) is 19.9 Å². The molecule has 9 atom stereocenters. The van der Waals surface area contributed by atoms with Gasteiger partial charge in [-0.15, -0.1) is 0 Å². The Kier molecular flexibility index (Phi) is 4.17. The lowest BCUT2D eigenvalue weighted by molar-refractivity contribution is -0.147. The number of hydrogen-bond donors (Lipinski definition) is 2. The topological polar surface area (TPSA) is 90.3 Å². The quantitative estimate of drug-likeness (QED) is 0.810. The highest BCUT2D eigenvalue weighted by Gasteiger charge is 2.62. The number of nitriles is 1. The number of fused-ring (bicyclic) bond motifs is 3. The summed E-state index contributed by atoms with van der Waals surface area (Å²) in [4.78, 5) is 15.3. The Morgan fingerprint density at radius 3 is 2.77 bits per heavy atom. The molecular formula is C21H33N3O2. The molecule has 0 aromatic heterocycles. The van der Waals surface area contributed by atoms with Crippen LogP contribution in [0.3, 0.4) is 0 Å². The number of nitrogens with zero attached hydrogens (tertiary/aromatic N) is 2. The Hall–Kier alpha value is -1.12. The molecular weight excluding hydrogens is 326 g/mol. The van der Waals surface area contributed by atoms with E-state index in [0.717, 1.165) is 38.5 Å². The summed E-state index contributed by atoms with van der Waals surface area (Å²) in [6.45, 7) is 6.29. The molecule has 2 bridgehead atoms. The highest BCUT2D eigenvalue weighted by molar-refractivity contribution is 5.84. The fraction of sp³-hybridized carbons (Fsp3) is 0.905. The van der Waals surface area contributed by atoms with Gasteiger partial charge in [0.05, 0.1) is 17.7 Å². The fourth-order valence-electron chi connectivity index (χ4n) is 7.05. The first-order chi connectivity index (χ1) is 12.2. The molecule has 5 nitrogen and oxygen atoms in total. The molecule has 0 radical (unpaired) electrons. The Morgan fingerprint density at radius 2 is 2.12 bits per heavy atom. The van der Waals surface area contributed by atoms with E-state index in [9.17, 15) is 15.2 Å². The molecule has 1 aliphatic heterocycles. The van der Waals surface area contributed by atoms with Crippen LogP contribution in [-0.4, -0.2) is 39.6 Å². The molecule has 26 heavy (non-hydrogen) atoms. The molecule has 0 spiro atoms. The van der Waals surface area contributed by atoms with E-state index < -0.39 is 11.6 Å². The van der Waals surface area contributed by atoms with Gasteiger partial charge in [-0.3, -0.25) is 4.79 Å². The molecule has 4 fully saturated rings. The van der Waals surface area contributed by atoms with Crippen molar-refractivity contribution in [3.63, 3.8) is 0 Å². The largest absolute Gasteiger partial charge is 0.390 e. The average Bonchev–Trinajstić information content (AvgIpc) is 3.03. The van der Waals surface area contributed by atoms with E-state index in [1.54, 1.807) is 0 Å². The van der Waals surface area contributed by atoms with Crippen molar-refractivity contribution in [2.24, 2.45) is 34.8 Å². The Balaban J connectivity index is 1.61. The summed E-state index contributed by atoms with van der Waals surface area (Å²) in [5.74, 6) is 1.97. The van der Waals surface area contributed by atoms with Crippen LogP contribution in [0.2, 0.25) is 0 Å². The fourth-order valence-corrected chi connectivity index (χ4v) is 7.05. The van der Waals surface area contributed by atoms with Gasteiger partial charge in [-0.25, -0.2) is 0 Å². The zero-order chi connectivity index (χ0) is 18.9. The van der Waals surface area contributed by atoms with E-state index in [1.165, 1.54) is 0 Å². The van der Waals surface area contributed by atoms with Crippen molar-refractivity contribution in [1.82, 2.24) is 4.90 Å². The summed E-state index contributed by atoms with van der Waals surface area (Å²) >= 11 is 0. The number of rotatable bonds is 3. The number of carbonyl (C=O) groups is 1. The predicted octanol–water partition coefficient (Wildman–Crippen LogP) is 2.43. The number of nitrogens with two attached hydrogens (primary N) is 1. The van der Waals surface area contributed by atoms with Crippen molar-refractivity contribution in [2.45, 2.75) is 89.4 Å². The van der Waals surface area contributed by atoms with Gasteiger partial charge in [0.2, 0.25) is 5.91 Å². The van der Waals surface area contributed by atoms with Gasteiger partial charge in [0, 0.05) is 6.04 Å². The molecule has 0 aromatic carbocycles. The molecule has 4 aliphatic rings. The van der Waals surface area contributed by atoms with Crippen LogP contribution in [0, 0.1) is 40.4 Å². The third kappa shape index (κ3) is 2.68. The zero-order valence-electron chi connectivity index (χ0n) is 16.3. The second-order valence-electron chi connectivity index (χ2n) is 10.1. The van der Waals surface area contributed by atoms with E-state index >= 15 is 0 Å². The highest BCUT2D eigenvalue weighted by Crippen LogP contribution is 2.58. The molecule has 1 amide bonds. The Morgan fingerprint density at radius 1 is 1.38 bits per heavy atom. The summed E-state index contributed by atoms with van der Waals surface area (Å²) in [5.41, 5.74) is 5.62. The van der Waals surface area contributed by atoms with Crippen LogP contribution in [0.4, 0.5) is 0 Å². The van der Waals surface area contributed by atoms with Crippen LogP contribution in [0.5, 0.6) is 0 Å². The van der Waals surface area contributed by atoms with Crippen molar-refractivity contribution in [2.75, 3.05) is 0 Å². The number of carbonyl (C=O) groups excluding carboxylic acids is 1. The maximum absolute atomic E-state index is 13.5. The summed E-state index contributed by atoms with van der Waals surface area (Å²) in [6, 6.07) is 1.61. The van der Waals surface area contributed by atoms with E-state index in [1.807, 2.05) is 11.8 Å². The minimum atomic E-state index is -0.741. The minimum Gasteiger partial charge on any atom is -0.390 e. The second kappa shape index (κ2) is 5.94. The van der Waals surface area contributed by atoms with Crippen molar-refractivity contribution in [3.8, 4) is 6.07 Å². The monoisotopic (exact) mass is 359 g/mol. The first-order valence-electron chi connectivity index (χ1n) is 10.4. The maximum Gasteiger partial charge on any atom is 0.241 e. The van der Waals surface area contributed by atoms with E-state index in [-0.39, 0.29) is 23.4 Å². The molecule has 3 aliphatic carbocycles. The van der Waals surface area contributed by atoms with Gasteiger partial charge < -0.3 is 15.7 Å². The molecule has 7 unspecified atom stereocenters. The van der Waals surface area contributed by atoms with Crippen molar-refractivity contribution >= 4 is 5.91 Å². The van der Waals surface area contributed by atoms with Gasteiger partial charge in [-0.2, -0.15) is 5.26 Å². The smallest absolute Gasteiger partial charge is 0.241 e. The standard InChI is InChI=1S/C21H33N3O2/c1-4-13-5-14-7-20(3,26)11-21(8-13,9-14)18(23)19(25)24-15(10-22)6-16-12(2)17(16)24/h12-18,26H,4-9,11,23H2,1-3H3/t12?,13?,14?,15-,16?,17?,18?,20?,21+/m0/s1. The third-order valence-corrected chi connectivity index (χ3v) is 8.09. The molecule has 3 N–H and O–H groups in total. The van der Waals surface area contributed by atoms with Crippen LogP contribution in [0.1, 0.15) is 65.7 Å². The lowest BCUT2D eigenvalue weighted by atomic mass is 9.52. The van der Waals surface area contributed by atoms with Gasteiger partial charge in [0.1, 0.15) is 6.04 Å². The predicted molar refractivity (Wildman–Crippen MR) is 98.7 cm³/mol. The molecule has 1 heterocycles. The van der Waals surface area contributed by atoms with Crippen molar-refractivity contribution in [1.29, 1.82) is 5.26 Å². The minimum absolute atomic E-state index is 0.0402. The highest BCUT2D eigenvalue weighted by atomic mass is 16.3.